The van der Waals surface area contributed by atoms with Gasteiger partial charge in [-0.2, -0.15) is 0 Å². The number of carbonyl (C=O) groups is 1. The van der Waals surface area contributed by atoms with Gasteiger partial charge in [0.2, 0.25) is 5.82 Å². The molecule has 0 radical (unpaired) electrons. The zero-order chi connectivity index (χ0) is 16.7. The van der Waals surface area contributed by atoms with E-state index in [0.717, 1.165) is 18.6 Å². The Kier molecular flexibility index (Phi) is 3.76. The smallest absolute Gasteiger partial charge is 0.292 e. The molecule has 1 saturated heterocycles. The average Bonchev–Trinajstić information content (AvgIpc) is 3.23. The summed E-state index contributed by atoms with van der Waals surface area (Å²) in [6.07, 6.45) is 1.33. The molecule has 0 saturated carbocycles. The molecule has 1 unspecified atom stereocenters. The van der Waals surface area contributed by atoms with Crippen LogP contribution in [0.3, 0.4) is 0 Å². The van der Waals surface area contributed by atoms with Crippen molar-refractivity contribution in [1.29, 1.82) is 0 Å². The van der Waals surface area contributed by atoms with E-state index < -0.39 is 17.7 Å². The van der Waals surface area contributed by atoms with Crippen LogP contribution in [0.1, 0.15) is 40.9 Å². The van der Waals surface area contributed by atoms with Gasteiger partial charge in [-0.1, -0.05) is 0 Å². The van der Waals surface area contributed by atoms with E-state index >= 15 is 0 Å². The van der Waals surface area contributed by atoms with E-state index in [1.165, 1.54) is 6.07 Å². The van der Waals surface area contributed by atoms with Crippen molar-refractivity contribution >= 4 is 5.91 Å². The van der Waals surface area contributed by atoms with Crippen molar-refractivity contribution in [2.45, 2.75) is 32.0 Å². The summed E-state index contributed by atoms with van der Waals surface area (Å²) in [6, 6.07) is 2.86. The maximum Gasteiger partial charge on any atom is 0.292 e. The molecule has 0 spiro atoms. The van der Waals surface area contributed by atoms with Gasteiger partial charge in [-0.3, -0.25) is 4.79 Å². The molecule has 2 aliphatic rings. The first-order valence-corrected chi connectivity index (χ1v) is 7.91. The molecule has 1 aromatic carbocycles. The number of carbonyl (C=O) groups excluding carboxylic acids is 1. The van der Waals surface area contributed by atoms with Crippen molar-refractivity contribution in [3.05, 3.63) is 47.0 Å². The topological polar surface area (TPSA) is 60.3 Å². The number of likely N-dealkylation sites (tertiary alicyclic amines) is 1. The van der Waals surface area contributed by atoms with Gasteiger partial charge in [0.1, 0.15) is 18.2 Å². The SMILES string of the molecule is O=C(c1nnc2n1CCOC2)N1CCCC1c1cc(F)ccc1F. The van der Waals surface area contributed by atoms with Gasteiger partial charge in [0.15, 0.2) is 5.82 Å². The monoisotopic (exact) mass is 334 g/mol. The lowest BCUT2D eigenvalue weighted by Gasteiger charge is -2.25. The highest BCUT2D eigenvalue weighted by Crippen LogP contribution is 2.34. The minimum atomic E-state index is -0.511. The first-order chi connectivity index (χ1) is 11.6. The van der Waals surface area contributed by atoms with E-state index in [9.17, 15) is 13.6 Å². The molecular formula is C16H16F2N4O2. The summed E-state index contributed by atoms with van der Waals surface area (Å²) in [7, 11) is 0. The summed E-state index contributed by atoms with van der Waals surface area (Å²) in [4.78, 5) is 14.5. The maximum atomic E-state index is 14.1. The van der Waals surface area contributed by atoms with Crippen molar-refractivity contribution in [2.75, 3.05) is 13.2 Å². The van der Waals surface area contributed by atoms with E-state index in [1.807, 2.05) is 0 Å². The Morgan fingerprint density at radius 3 is 3.00 bits per heavy atom. The summed E-state index contributed by atoms with van der Waals surface area (Å²) in [5, 5.41) is 7.97. The van der Waals surface area contributed by atoms with Crippen molar-refractivity contribution in [1.82, 2.24) is 19.7 Å². The predicted octanol–water partition coefficient (Wildman–Crippen LogP) is 2.06. The molecule has 2 aliphatic heterocycles. The first kappa shape index (κ1) is 15.2. The third-order valence-corrected chi connectivity index (χ3v) is 4.54. The van der Waals surface area contributed by atoms with Gasteiger partial charge < -0.3 is 14.2 Å². The number of rotatable bonds is 2. The van der Waals surface area contributed by atoms with Crippen LogP contribution in [-0.2, 0) is 17.9 Å². The molecule has 1 fully saturated rings. The number of hydrogen-bond donors (Lipinski definition) is 0. The minimum Gasteiger partial charge on any atom is -0.372 e. The second-order valence-corrected chi connectivity index (χ2v) is 5.97. The van der Waals surface area contributed by atoms with Crippen LogP contribution in [0.2, 0.25) is 0 Å². The largest absolute Gasteiger partial charge is 0.372 e. The number of benzene rings is 1. The quantitative estimate of drug-likeness (QED) is 0.843. The standard InChI is InChI=1S/C16H16F2N4O2/c17-10-3-4-12(18)11(8-10)13-2-1-5-21(13)16(23)15-20-19-14-9-24-7-6-22(14)15/h3-4,8,13H,1-2,5-7,9H2. The average molecular weight is 334 g/mol. The lowest BCUT2D eigenvalue weighted by atomic mass is 10.0. The zero-order valence-electron chi connectivity index (χ0n) is 12.9. The summed E-state index contributed by atoms with van der Waals surface area (Å²) in [5.74, 6) is -0.475. The summed E-state index contributed by atoms with van der Waals surface area (Å²) >= 11 is 0. The van der Waals surface area contributed by atoms with Crippen LogP contribution in [0.25, 0.3) is 0 Å². The number of ether oxygens (including phenoxy) is 1. The van der Waals surface area contributed by atoms with Gasteiger partial charge >= 0.3 is 0 Å². The van der Waals surface area contributed by atoms with E-state index in [1.54, 1.807) is 9.47 Å². The fourth-order valence-electron chi connectivity index (χ4n) is 3.39. The van der Waals surface area contributed by atoms with Crippen LogP contribution < -0.4 is 0 Å². The van der Waals surface area contributed by atoms with Gasteiger partial charge in [0, 0.05) is 18.7 Å². The molecule has 1 amide bonds. The van der Waals surface area contributed by atoms with Crippen molar-refractivity contribution in [2.24, 2.45) is 0 Å². The highest BCUT2D eigenvalue weighted by Gasteiger charge is 2.35. The molecule has 1 aromatic heterocycles. The summed E-state index contributed by atoms with van der Waals surface area (Å²) in [6.45, 7) is 1.81. The number of aromatic nitrogens is 3. The molecule has 126 valence electrons. The first-order valence-electron chi connectivity index (χ1n) is 7.91. The summed E-state index contributed by atoms with van der Waals surface area (Å²) < 4.78 is 34.7. The Balaban J connectivity index is 1.66. The van der Waals surface area contributed by atoms with Gasteiger partial charge in [-0.05, 0) is 31.0 Å². The van der Waals surface area contributed by atoms with Gasteiger partial charge in [-0.15, -0.1) is 10.2 Å². The van der Waals surface area contributed by atoms with Crippen LogP contribution in [0.5, 0.6) is 0 Å². The highest BCUT2D eigenvalue weighted by molar-refractivity contribution is 5.91. The molecule has 0 bridgehead atoms. The van der Waals surface area contributed by atoms with Crippen LogP contribution >= 0.6 is 0 Å². The van der Waals surface area contributed by atoms with Crippen molar-refractivity contribution in [3.63, 3.8) is 0 Å². The third kappa shape index (κ3) is 2.47. The molecule has 8 heteroatoms. The van der Waals surface area contributed by atoms with E-state index in [2.05, 4.69) is 10.2 Å². The fourth-order valence-corrected chi connectivity index (χ4v) is 3.39. The molecule has 0 aliphatic carbocycles. The second-order valence-electron chi connectivity index (χ2n) is 5.97. The number of nitrogens with zero attached hydrogens (tertiary/aromatic N) is 4. The Morgan fingerprint density at radius 2 is 2.12 bits per heavy atom. The van der Waals surface area contributed by atoms with Crippen LogP contribution in [0.4, 0.5) is 8.78 Å². The van der Waals surface area contributed by atoms with Gasteiger partial charge in [0.05, 0.1) is 12.6 Å². The molecule has 24 heavy (non-hydrogen) atoms. The predicted molar refractivity (Wildman–Crippen MR) is 79.0 cm³/mol. The molecule has 2 aromatic rings. The van der Waals surface area contributed by atoms with Crippen LogP contribution in [-0.4, -0.2) is 38.7 Å². The lowest BCUT2D eigenvalue weighted by Crippen LogP contribution is -2.34. The molecule has 3 heterocycles. The second kappa shape index (κ2) is 5.94. The number of fused-ring (bicyclic) bond motifs is 1. The van der Waals surface area contributed by atoms with Crippen LogP contribution in [0.15, 0.2) is 18.2 Å². The molecular weight excluding hydrogens is 318 g/mol. The Morgan fingerprint density at radius 1 is 1.25 bits per heavy atom. The Bertz CT molecular complexity index is 792. The minimum absolute atomic E-state index is 0.211. The Labute approximate surface area is 137 Å². The molecule has 1 atom stereocenters. The fraction of sp³-hybridized carbons (Fsp3) is 0.438. The number of halogens is 2. The summed E-state index contributed by atoms with van der Waals surface area (Å²) in [5.41, 5.74) is 0.211. The van der Waals surface area contributed by atoms with Gasteiger partial charge in [-0.25, -0.2) is 8.78 Å². The number of amides is 1. The zero-order valence-corrected chi connectivity index (χ0v) is 12.9. The van der Waals surface area contributed by atoms with Crippen molar-refractivity contribution < 1.29 is 18.3 Å². The Hall–Kier alpha value is -2.35. The molecule has 6 nitrogen and oxygen atoms in total. The normalized spacial score (nSPS) is 20.2. The third-order valence-electron chi connectivity index (χ3n) is 4.54. The number of hydrogen-bond acceptors (Lipinski definition) is 4. The van der Waals surface area contributed by atoms with E-state index in [-0.39, 0.29) is 17.3 Å². The highest BCUT2D eigenvalue weighted by atomic mass is 19.1. The molecule has 4 rings (SSSR count). The van der Waals surface area contributed by atoms with Gasteiger partial charge in [0.25, 0.3) is 5.91 Å². The van der Waals surface area contributed by atoms with Crippen LogP contribution in [0, 0.1) is 11.6 Å². The van der Waals surface area contributed by atoms with E-state index in [4.69, 9.17) is 4.74 Å². The van der Waals surface area contributed by atoms with E-state index in [0.29, 0.717) is 38.5 Å². The lowest BCUT2D eigenvalue weighted by molar-refractivity contribution is 0.0668. The maximum absolute atomic E-state index is 14.1. The molecule has 0 N–H and O–H groups in total. The van der Waals surface area contributed by atoms with Crippen molar-refractivity contribution in [3.8, 4) is 0 Å².